The Balaban J connectivity index is 1.91. The van der Waals surface area contributed by atoms with Gasteiger partial charge in [0.2, 0.25) is 5.91 Å². The number of morpholine rings is 1. The van der Waals surface area contributed by atoms with Crippen LogP contribution in [-0.4, -0.2) is 53.1 Å². The number of carbonyl (C=O) groups excluding carboxylic acids is 1. The quantitative estimate of drug-likeness (QED) is 0.895. The molecule has 1 fully saturated rings. The van der Waals surface area contributed by atoms with Crippen LogP contribution < -0.4 is 0 Å². The monoisotopic (exact) mass is 329 g/mol. The second-order valence-electron chi connectivity index (χ2n) is 4.64. The van der Waals surface area contributed by atoms with Crippen LogP contribution in [0.15, 0.2) is 24.3 Å². The molecule has 1 N–H and O–H groups in total. The molecule has 0 saturated carbocycles. The van der Waals surface area contributed by atoms with E-state index in [9.17, 15) is 9.59 Å². The average molecular weight is 330 g/mol. The molecular formula is C14H16ClNO4S. The summed E-state index contributed by atoms with van der Waals surface area (Å²) in [5, 5.41) is 9.21. The molecule has 0 radical (unpaired) electrons. The summed E-state index contributed by atoms with van der Waals surface area (Å²) >= 11 is 7.08. The molecule has 1 unspecified atom stereocenters. The summed E-state index contributed by atoms with van der Waals surface area (Å²) in [5.74, 6) is -0.856. The average Bonchev–Trinajstić information content (AvgIpc) is 2.47. The predicted molar refractivity (Wildman–Crippen MR) is 81.7 cm³/mol. The van der Waals surface area contributed by atoms with Crippen LogP contribution in [0.4, 0.5) is 0 Å². The predicted octanol–water partition coefficient (Wildman–Crippen LogP) is 2.06. The molecule has 1 aliphatic rings. The first-order chi connectivity index (χ1) is 10.1. The van der Waals surface area contributed by atoms with Crippen molar-refractivity contribution >= 4 is 35.2 Å². The van der Waals surface area contributed by atoms with Gasteiger partial charge in [-0.1, -0.05) is 23.7 Å². The summed E-state index contributed by atoms with van der Waals surface area (Å²) in [6, 6.07) is 7.40. The van der Waals surface area contributed by atoms with E-state index in [1.165, 1.54) is 0 Å². The highest BCUT2D eigenvalue weighted by Gasteiger charge is 2.25. The van der Waals surface area contributed by atoms with Gasteiger partial charge in [-0.25, -0.2) is 0 Å². The highest BCUT2D eigenvalue weighted by atomic mass is 35.5. The van der Waals surface area contributed by atoms with Gasteiger partial charge < -0.3 is 14.7 Å². The third kappa shape index (κ3) is 4.91. The van der Waals surface area contributed by atoms with E-state index in [1.807, 2.05) is 18.2 Å². The number of benzene rings is 1. The van der Waals surface area contributed by atoms with E-state index in [1.54, 1.807) is 11.0 Å². The molecule has 1 atom stereocenters. The number of ether oxygens (including phenoxy) is 1. The highest BCUT2D eigenvalue weighted by molar-refractivity contribution is 8.00. The molecule has 1 heterocycles. The maximum atomic E-state index is 12.1. The molecule has 7 heteroatoms. The fourth-order valence-corrected chi connectivity index (χ4v) is 2.93. The Hall–Kier alpha value is -1.24. The molecule has 0 spiro atoms. The molecular weight excluding hydrogens is 314 g/mol. The number of carboxylic acid groups (broad SMARTS) is 1. The Labute approximate surface area is 132 Å². The molecule has 0 bridgehead atoms. The van der Waals surface area contributed by atoms with Crippen LogP contribution in [0.1, 0.15) is 11.7 Å². The highest BCUT2D eigenvalue weighted by Crippen LogP contribution is 2.24. The molecule has 21 heavy (non-hydrogen) atoms. The number of nitrogens with zero attached hydrogens (tertiary/aromatic N) is 1. The second-order valence-corrected chi connectivity index (χ2v) is 6.06. The summed E-state index contributed by atoms with van der Waals surface area (Å²) < 4.78 is 5.69. The van der Waals surface area contributed by atoms with Gasteiger partial charge >= 0.3 is 5.97 Å². The van der Waals surface area contributed by atoms with Crippen LogP contribution in [0, 0.1) is 0 Å². The topological polar surface area (TPSA) is 66.8 Å². The van der Waals surface area contributed by atoms with Gasteiger partial charge in [0.1, 0.15) is 6.10 Å². The van der Waals surface area contributed by atoms with Crippen LogP contribution in [0.3, 0.4) is 0 Å². The fourth-order valence-electron chi connectivity index (χ4n) is 2.10. The van der Waals surface area contributed by atoms with Gasteiger partial charge in [0.05, 0.1) is 24.7 Å². The largest absolute Gasteiger partial charge is 0.481 e. The zero-order chi connectivity index (χ0) is 15.2. The number of aliphatic carboxylic acids is 1. The van der Waals surface area contributed by atoms with Crippen molar-refractivity contribution in [3.63, 3.8) is 0 Å². The van der Waals surface area contributed by atoms with Gasteiger partial charge in [0.25, 0.3) is 0 Å². The van der Waals surface area contributed by atoms with Crippen molar-refractivity contribution in [1.29, 1.82) is 0 Å². The molecule has 0 aliphatic carbocycles. The zero-order valence-corrected chi connectivity index (χ0v) is 12.9. The second kappa shape index (κ2) is 7.68. The van der Waals surface area contributed by atoms with Crippen LogP contribution >= 0.6 is 23.4 Å². The first kappa shape index (κ1) is 16.1. The van der Waals surface area contributed by atoms with Gasteiger partial charge in [-0.3, -0.25) is 9.59 Å². The minimum absolute atomic E-state index is 0.0587. The van der Waals surface area contributed by atoms with E-state index < -0.39 is 5.97 Å². The number of carboxylic acids is 1. The molecule has 1 aromatic rings. The number of hydrogen-bond acceptors (Lipinski definition) is 4. The van der Waals surface area contributed by atoms with Crippen molar-refractivity contribution in [2.45, 2.75) is 6.10 Å². The SMILES string of the molecule is O=C(O)CSCC(=O)N1CCOC(c2cccc(Cl)c2)C1. The Morgan fingerprint density at radius 1 is 1.43 bits per heavy atom. The lowest BCUT2D eigenvalue weighted by molar-refractivity contribution is -0.136. The summed E-state index contributed by atoms with van der Waals surface area (Å²) in [6.45, 7) is 1.46. The number of hydrogen-bond donors (Lipinski definition) is 1. The Morgan fingerprint density at radius 2 is 2.24 bits per heavy atom. The molecule has 1 amide bonds. The maximum absolute atomic E-state index is 12.1. The smallest absolute Gasteiger partial charge is 0.313 e. The Bertz CT molecular complexity index is 525. The van der Waals surface area contributed by atoms with E-state index in [-0.39, 0.29) is 23.5 Å². The van der Waals surface area contributed by atoms with E-state index >= 15 is 0 Å². The van der Waals surface area contributed by atoms with Crippen LogP contribution in [0.2, 0.25) is 5.02 Å². The number of halogens is 1. The standard InChI is InChI=1S/C14H16ClNO4S/c15-11-3-1-2-10(6-11)12-7-16(4-5-20-12)13(17)8-21-9-14(18)19/h1-3,6,12H,4-5,7-9H2,(H,18,19). The van der Waals surface area contributed by atoms with Crippen molar-refractivity contribution in [2.24, 2.45) is 0 Å². The lowest BCUT2D eigenvalue weighted by Gasteiger charge is -2.33. The third-order valence-electron chi connectivity index (χ3n) is 3.09. The van der Waals surface area contributed by atoms with Crippen molar-refractivity contribution in [2.75, 3.05) is 31.2 Å². The Morgan fingerprint density at radius 3 is 2.95 bits per heavy atom. The van der Waals surface area contributed by atoms with E-state index in [4.69, 9.17) is 21.4 Å². The zero-order valence-electron chi connectivity index (χ0n) is 11.3. The molecule has 0 aromatic heterocycles. The van der Waals surface area contributed by atoms with Crippen molar-refractivity contribution in [3.8, 4) is 0 Å². The third-order valence-corrected chi connectivity index (χ3v) is 4.23. The summed E-state index contributed by atoms with van der Waals surface area (Å²) in [6.07, 6.45) is -0.189. The maximum Gasteiger partial charge on any atom is 0.313 e. The minimum atomic E-state index is -0.911. The molecule has 5 nitrogen and oxygen atoms in total. The number of rotatable bonds is 5. The number of amides is 1. The number of carbonyl (C=O) groups is 2. The lowest BCUT2D eigenvalue weighted by Crippen LogP contribution is -2.43. The summed E-state index contributed by atoms with van der Waals surface area (Å²) in [4.78, 5) is 24.2. The number of thioether (sulfide) groups is 1. The normalized spacial score (nSPS) is 18.5. The van der Waals surface area contributed by atoms with E-state index in [0.717, 1.165) is 17.3 Å². The van der Waals surface area contributed by atoms with Crippen molar-refractivity contribution < 1.29 is 19.4 Å². The van der Waals surface area contributed by atoms with E-state index in [0.29, 0.717) is 24.7 Å². The van der Waals surface area contributed by atoms with Crippen molar-refractivity contribution in [3.05, 3.63) is 34.9 Å². The van der Waals surface area contributed by atoms with Gasteiger partial charge in [0, 0.05) is 11.6 Å². The van der Waals surface area contributed by atoms with Gasteiger partial charge in [-0.05, 0) is 17.7 Å². The van der Waals surface area contributed by atoms with Crippen molar-refractivity contribution in [1.82, 2.24) is 4.90 Å². The van der Waals surface area contributed by atoms with Gasteiger partial charge in [-0.2, -0.15) is 0 Å². The van der Waals surface area contributed by atoms with Crippen LogP contribution in [-0.2, 0) is 14.3 Å². The summed E-state index contributed by atoms with van der Waals surface area (Å²) in [5.41, 5.74) is 0.943. The lowest BCUT2D eigenvalue weighted by atomic mass is 10.1. The first-order valence-corrected chi connectivity index (χ1v) is 8.04. The van der Waals surface area contributed by atoms with Crippen LogP contribution in [0.5, 0.6) is 0 Å². The molecule has 2 rings (SSSR count). The molecule has 114 valence electrons. The van der Waals surface area contributed by atoms with E-state index in [2.05, 4.69) is 0 Å². The molecule has 1 saturated heterocycles. The first-order valence-electron chi connectivity index (χ1n) is 6.50. The fraction of sp³-hybridized carbons (Fsp3) is 0.429. The summed E-state index contributed by atoms with van der Waals surface area (Å²) in [7, 11) is 0. The Kier molecular flexibility index (Phi) is 5.90. The van der Waals surface area contributed by atoms with Gasteiger partial charge in [0.15, 0.2) is 0 Å². The molecule has 1 aliphatic heterocycles. The molecule has 1 aromatic carbocycles. The minimum Gasteiger partial charge on any atom is -0.481 e. The van der Waals surface area contributed by atoms with Gasteiger partial charge in [-0.15, -0.1) is 11.8 Å². The van der Waals surface area contributed by atoms with Crippen LogP contribution in [0.25, 0.3) is 0 Å².